The average Bonchev–Trinajstić information content (AvgIpc) is 2.32. The van der Waals surface area contributed by atoms with Gasteiger partial charge < -0.3 is 14.4 Å². The molecule has 1 fully saturated rings. The summed E-state index contributed by atoms with van der Waals surface area (Å²) in [5.74, 6) is 0.407. The molecule has 5 nitrogen and oxygen atoms in total. The second-order valence-electron chi connectivity index (χ2n) is 3.97. The van der Waals surface area contributed by atoms with Crippen molar-refractivity contribution in [3.8, 4) is 5.88 Å². The Bertz CT molecular complexity index is 422. The lowest BCUT2D eigenvalue weighted by Crippen LogP contribution is -2.57. The predicted octanol–water partition coefficient (Wildman–Crippen LogP) is 1.36. The number of carbonyl (C=O) groups excluding carboxylic acids is 1. The molecule has 0 aliphatic carbocycles. The lowest BCUT2D eigenvalue weighted by molar-refractivity contribution is -0.144. The summed E-state index contributed by atoms with van der Waals surface area (Å²) in [6.45, 7) is 3.65. The van der Waals surface area contributed by atoms with Crippen molar-refractivity contribution in [2.75, 3.05) is 26.3 Å². The standard InChI is InChI=1S/C12H15ClN2O3/c1-2-17-8-11(16)15-6-9(7-15)18-12-10(13)4-3-5-14-12/h3-5,9H,2,6-8H2,1H3. The number of amides is 1. The van der Waals surface area contributed by atoms with E-state index in [9.17, 15) is 4.79 Å². The summed E-state index contributed by atoms with van der Waals surface area (Å²) in [4.78, 5) is 17.3. The van der Waals surface area contributed by atoms with E-state index in [1.165, 1.54) is 0 Å². The van der Waals surface area contributed by atoms with Crippen LogP contribution < -0.4 is 4.74 Å². The van der Waals surface area contributed by atoms with E-state index < -0.39 is 0 Å². The molecule has 1 saturated heterocycles. The fourth-order valence-electron chi connectivity index (χ4n) is 1.61. The molecule has 0 radical (unpaired) electrons. The van der Waals surface area contributed by atoms with Gasteiger partial charge in [-0.05, 0) is 19.1 Å². The summed E-state index contributed by atoms with van der Waals surface area (Å²) in [5.41, 5.74) is 0. The minimum Gasteiger partial charge on any atom is -0.470 e. The van der Waals surface area contributed by atoms with Crippen LogP contribution in [0, 0.1) is 0 Å². The van der Waals surface area contributed by atoms with Crippen LogP contribution in [0.2, 0.25) is 5.02 Å². The van der Waals surface area contributed by atoms with Crippen molar-refractivity contribution in [1.29, 1.82) is 0 Å². The maximum absolute atomic E-state index is 11.6. The van der Waals surface area contributed by atoms with Gasteiger partial charge in [0.25, 0.3) is 0 Å². The normalized spacial score (nSPS) is 15.3. The Morgan fingerprint density at radius 2 is 2.39 bits per heavy atom. The molecule has 0 atom stereocenters. The molecular formula is C12H15ClN2O3. The molecule has 0 N–H and O–H groups in total. The van der Waals surface area contributed by atoms with Crippen molar-refractivity contribution >= 4 is 17.5 Å². The van der Waals surface area contributed by atoms with Crippen LogP contribution in [-0.4, -0.2) is 48.2 Å². The van der Waals surface area contributed by atoms with Crippen LogP contribution in [0.25, 0.3) is 0 Å². The number of ether oxygens (including phenoxy) is 2. The van der Waals surface area contributed by atoms with Crippen LogP contribution in [0.15, 0.2) is 18.3 Å². The molecule has 6 heteroatoms. The van der Waals surface area contributed by atoms with Crippen molar-refractivity contribution in [2.45, 2.75) is 13.0 Å². The molecule has 1 aromatic heterocycles. The molecule has 0 spiro atoms. The molecule has 0 saturated carbocycles. The molecule has 0 bridgehead atoms. The number of halogens is 1. The van der Waals surface area contributed by atoms with Gasteiger partial charge in [-0.25, -0.2) is 4.98 Å². The Morgan fingerprint density at radius 3 is 3.06 bits per heavy atom. The molecule has 98 valence electrons. The summed E-state index contributed by atoms with van der Waals surface area (Å²) < 4.78 is 10.6. The molecule has 1 aliphatic rings. The highest BCUT2D eigenvalue weighted by Gasteiger charge is 2.32. The van der Waals surface area contributed by atoms with Crippen LogP contribution in [-0.2, 0) is 9.53 Å². The smallest absolute Gasteiger partial charge is 0.248 e. The zero-order valence-corrected chi connectivity index (χ0v) is 10.9. The summed E-state index contributed by atoms with van der Waals surface area (Å²) in [6.07, 6.45) is 1.58. The first-order valence-electron chi connectivity index (χ1n) is 5.83. The minimum absolute atomic E-state index is 0.0104. The quantitative estimate of drug-likeness (QED) is 0.811. The van der Waals surface area contributed by atoms with Gasteiger partial charge in [0.05, 0.1) is 13.1 Å². The van der Waals surface area contributed by atoms with E-state index in [1.54, 1.807) is 23.2 Å². The van der Waals surface area contributed by atoms with Gasteiger partial charge in [0.1, 0.15) is 17.7 Å². The number of aromatic nitrogens is 1. The summed E-state index contributed by atoms with van der Waals surface area (Å²) in [5, 5.41) is 0.483. The Balaban J connectivity index is 1.76. The highest BCUT2D eigenvalue weighted by molar-refractivity contribution is 6.31. The van der Waals surface area contributed by atoms with E-state index in [1.807, 2.05) is 6.92 Å². The second-order valence-corrected chi connectivity index (χ2v) is 4.37. The van der Waals surface area contributed by atoms with Crippen LogP contribution in [0.4, 0.5) is 0 Å². The topological polar surface area (TPSA) is 51.7 Å². The lowest BCUT2D eigenvalue weighted by Gasteiger charge is -2.38. The highest BCUT2D eigenvalue weighted by atomic mass is 35.5. The third kappa shape index (κ3) is 3.11. The first kappa shape index (κ1) is 13.1. The summed E-state index contributed by atoms with van der Waals surface area (Å²) >= 11 is 5.93. The summed E-state index contributed by atoms with van der Waals surface area (Å²) in [6, 6.07) is 3.47. The van der Waals surface area contributed by atoms with Crippen molar-refractivity contribution in [3.63, 3.8) is 0 Å². The Morgan fingerprint density at radius 1 is 1.61 bits per heavy atom. The maximum atomic E-state index is 11.6. The van der Waals surface area contributed by atoms with E-state index >= 15 is 0 Å². The van der Waals surface area contributed by atoms with E-state index in [0.717, 1.165) is 0 Å². The lowest BCUT2D eigenvalue weighted by atomic mass is 10.1. The zero-order chi connectivity index (χ0) is 13.0. The van der Waals surface area contributed by atoms with Crippen LogP contribution in [0.1, 0.15) is 6.92 Å². The number of hydrogen-bond donors (Lipinski definition) is 0. The number of carbonyl (C=O) groups is 1. The Labute approximate surface area is 111 Å². The summed E-state index contributed by atoms with van der Waals surface area (Å²) in [7, 11) is 0. The Hall–Kier alpha value is -1.33. The van der Waals surface area contributed by atoms with Gasteiger partial charge in [0.2, 0.25) is 11.8 Å². The fraction of sp³-hybridized carbons (Fsp3) is 0.500. The first-order valence-corrected chi connectivity index (χ1v) is 6.21. The highest BCUT2D eigenvalue weighted by Crippen LogP contribution is 2.23. The maximum Gasteiger partial charge on any atom is 0.248 e. The fourth-order valence-corrected chi connectivity index (χ4v) is 1.78. The zero-order valence-electron chi connectivity index (χ0n) is 10.1. The molecule has 18 heavy (non-hydrogen) atoms. The van der Waals surface area contributed by atoms with E-state index in [2.05, 4.69) is 4.98 Å². The van der Waals surface area contributed by atoms with Gasteiger partial charge in [-0.15, -0.1) is 0 Å². The molecule has 0 aromatic carbocycles. The van der Waals surface area contributed by atoms with E-state index in [4.69, 9.17) is 21.1 Å². The Kier molecular flexibility index (Phi) is 4.38. The molecule has 2 rings (SSSR count). The van der Waals surface area contributed by atoms with Gasteiger partial charge in [-0.1, -0.05) is 11.6 Å². The molecule has 2 heterocycles. The SMILES string of the molecule is CCOCC(=O)N1CC(Oc2ncccc2Cl)C1. The van der Waals surface area contributed by atoms with Gasteiger partial charge in [-0.3, -0.25) is 4.79 Å². The van der Waals surface area contributed by atoms with Gasteiger partial charge >= 0.3 is 0 Å². The van der Waals surface area contributed by atoms with E-state index in [0.29, 0.717) is 30.6 Å². The van der Waals surface area contributed by atoms with Crippen molar-refractivity contribution < 1.29 is 14.3 Å². The van der Waals surface area contributed by atoms with Gasteiger partial charge in [0, 0.05) is 12.8 Å². The van der Waals surface area contributed by atoms with Crippen LogP contribution in [0.5, 0.6) is 5.88 Å². The van der Waals surface area contributed by atoms with E-state index in [-0.39, 0.29) is 18.6 Å². The number of likely N-dealkylation sites (tertiary alicyclic amines) is 1. The molecular weight excluding hydrogens is 256 g/mol. The third-order valence-corrected chi connectivity index (χ3v) is 2.92. The first-order chi connectivity index (χ1) is 8.70. The minimum atomic E-state index is -0.0389. The molecule has 1 aliphatic heterocycles. The second kappa shape index (κ2) is 6.02. The monoisotopic (exact) mass is 270 g/mol. The average molecular weight is 271 g/mol. The van der Waals surface area contributed by atoms with Gasteiger partial charge in [0.15, 0.2) is 0 Å². The molecule has 1 aromatic rings. The number of rotatable bonds is 5. The third-order valence-electron chi connectivity index (χ3n) is 2.63. The van der Waals surface area contributed by atoms with Crippen molar-refractivity contribution in [2.24, 2.45) is 0 Å². The largest absolute Gasteiger partial charge is 0.470 e. The predicted molar refractivity (Wildman–Crippen MR) is 66.7 cm³/mol. The van der Waals surface area contributed by atoms with Crippen molar-refractivity contribution in [1.82, 2.24) is 9.88 Å². The molecule has 1 amide bonds. The molecule has 0 unspecified atom stereocenters. The van der Waals surface area contributed by atoms with Crippen molar-refractivity contribution in [3.05, 3.63) is 23.4 Å². The van der Waals surface area contributed by atoms with Crippen LogP contribution in [0.3, 0.4) is 0 Å². The van der Waals surface area contributed by atoms with Gasteiger partial charge in [-0.2, -0.15) is 0 Å². The number of nitrogens with zero attached hydrogens (tertiary/aromatic N) is 2. The number of pyridine rings is 1. The van der Waals surface area contributed by atoms with Crippen LogP contribution >= 0.6 is 11.6 Å². The number of hydrogen-bond acceptors (Lipinski definition) is 4.